The molecular formula is C12H17N5O. The number of hydrogen-bond donors (Lipinski definition) is 2. The summed E-state index contributed by atoms with van der Waals surface area (Å²) < 4.78 is 5.46. The van der Waals surface area contributed by atoms with Crippen LogP contribution in [0.2, 0.25) is 0 Å². The number of nitrogens with one attached hydrogen (secondary N) is 1. The first-order chi connectivity index (χ1) is 8.58. The Balaban J connectivity index is 2.16. The summed E-state index contributed by atoms with van der Waals surface area (Å²) in [6.07, 6.45) is 2.44. The Morgan fingerprint density at radius 2 is 2.22 bits per heavy atom. The van der Waals surface area contributed by atoms with Gasteiger partial charge in [-0.3, -0.25) is 0 Å². The second kappa shape index (κ2) is 5.03. The van der Waals surface area contributed by atoms with Crippen LogP contribution in [0.1, 0.15) is 37.4 Å². The molecule has 0 fully saturated rings. The minimum atomic E-state index is -0.0716. The Labute approximate surface area is 106 Å². The van der Waals surface area contributed by atoms with E-state index in [0.29, 0.717) is 23.4 Å². The van der Waals surface area contributed by atoms with Crippen LogP contribution in [-0.4, -0.2) is 15.0 Å². The highest BCUT2D eigenvalue weighted by molar-refractivity contribution is 5.45. The topological polar surface area (TPSA) is 89.9 Å². The van der Waals surface area contributed by atoms with Crippen molar-refractivity contribution in [2.24, 2.45) is 0 Å². The van der Waals surface area contributed by atoms with E-state index >= 15 is 0 Å². The number of anilines is 2. The lowest BCUT2D eigenvalue weighted by atomic mass is 10.3. The van der Waals surface area contributed by atoms with Gasteiger partial charge < -0.3 is 15.5 Å². The molecule has 0 radical (unpaired) electrons. The van der Waals surface area contributed by atoms with Gasteiger partial charge in [0.15, 0.2) is 0 Å². The molecule has 2 rings (SSSR count). The molecule has 0 amide bonds. The summed E-state index contributed by atoms with van der Waals surface area (Å²) in [5.41, 5.74) is 5.72. The zero-order valence-electron chi connectivity index (χ0n) is 10.8. The van der Waals surface area contributed by atoms with Crippen molar-refractivity contribution >= 4 is 11.6 Å². The van der Waals surface area contributed by atoms with Crippen LogP contribution in [0.3, 0.4) is 0 Å². The number of nitrogen functional groups attached to an aromatic ring is 1. The largest absolute Gasteiger partial charge is 0.444 e. The van der Waals surface area contributed by atoms with E-state index in [1.54, 1.807) is 12.3 Å². The van der Waals surface area contributed by atoms with E-state index in [4.69, 9.17) is 10.2 Å². The quantitative estimate of drug-likeness (QED) is 0.859. The zero-order valence-corrected chi connectivity index (χ0v) is 10.8. The van der Waals surface area contributed by atoms with Gasteiger partial charge in [-0.2, -0.15) is 0 Å². The summed E-state index contributed by atoms with van der Waals surface area (Å²) in [4.78, 5) is 12.6. The molecule has 0 saturated heterocycles. The first-order valence-corrected chi connectivity index (χ1v) is 5.90. The number of oxazole rings is 1. The predicted octanol–water partition coefficient (Wildman–Crippen LogP) is 2.09. The van der Waals surface area contributed by atoms with Crippen LogP contribution in [0.15, 0.2) is 16.7 Å². The monoisotopic (exact) mass is 247 g/mol. The number of rotatable bonds is 4. The molecule has 0 spiro atoms. The molecule has 1 unspecified atom stereocenters. The maximum Gasteiger partial charge on any atom is 0.216 e. The molecule has 2 aromatic rings. The molecule has 0 saturated carbocycles. The molecule has 18 heavy (non-hydrogen) atoms. The number of nitrogens with zero attached hydrogens (tertiary/aromatic N) is 3. The van der Waals surface area contributed by atoms with E-state index in [1.807, 2.05) is 20.8 Å². The Hall–Kier alpha value is -2.11. The fourth-order valence-corrected chi connectivity index (χ4v) is 1.61. The van der Waals surface area contributed by atoms with Crippen LogP contribution in [0.25, 0.3) is 0 Å². The van der Waals surface area contributed by atoms with E-state index in [9.17, 15) is 0 Å². The molecule has 0 aliphatic heterocycles. The molecule has 96 valence electrons. The summed E-state index contributed by atoms with van der Waals surface area (Å²) in [6, 6.07) is 1.63. The van der Waals surface area contributed by atoms with E-state index in [0.717, 1.165) is 12.2 Å². The number of aryl methyl sites for hydroxylation is 2. The van der Waals surface area contributed by atoms with Crippen molar-refractivity contribution in [2.75, 3.05) is 11.1 Å². The minimum Gasteiger partial charge on any atom is -0.444 e. The molecule has 0 aromatic carbocycles. The van der Waals surface area contributed by atoms with Crippen molar-refractivity contribution < 1.29 is 4.42 Å². The van der Waals surface area contributed by atoms with Gasteiger partial charge >= 0.3 is 0 Å². The van der Waals surface area contributed by atoms with E-state index in [-0.39, 0.29) is 6.04 Å². The predicted molar refractivity (Wildman–Crippen MR) is 69.1 cm³/mol. The smallest absolute Gasteiger partial charge is 0.216 e. The highest BCUT2D eigenvalue weighted by atomic mass is 16.4. The van der Waals surface area contributed by atoms with Gasteiger partial charge in [0.25, 0.3) is 0 Å². The first kappa shape index (κ1) is 12.3. The number of aromatic nitrogens is 3. The van der Waals surface area contributed by atoms with E-state index < -0.39 is 0 Å². The van der Waals surface area contributed by atoms with Gasteiger partial charge in [-0.25, -0.2) is 15.0 Å². The summed E-state index contributed by atoms with van der Waals surface area (Å²) in [7, 11) is 0. The van der Waals surface area contributed by atoms with Crippen molar-refractivity contribution in [3.8, 4) is 0 Å². The number of nitrogens with two attached hydrogens (primary N) is 1. The van der Waals surface area contributed by atoms with Crippen molar-refractivity contribution in [1.29, 1.82) is 0 Å². The fraction of sp³-hybridized carbons (Fsp3) is 0.417. The second-order valence-electron chi connectivity index (χ2n) is 4.12. The van der Waals surface area contributed by atoms with Gasteiger partial charge in [-0.15, -0.1) is 0 Å². The summed E-state index contributed by atoms with van der Waals surface area (Å²) >= 11 is 0. The van der Waals surface area contributed by atoms with Crippen molar-refractivity contribution in [3.63, 3.8) is 0 Å². The normalized spacial score (nSPS) is 12.4. The fourth-order valence-electron chi connectivity index (χ4n) is 1.61. The Morgan fingerprint density at radius 3 is 2.83 bits per heavy atom. The van der Waals surface area contributed by atoms with E-state index in [2.05, 4.69) is 20.3 Å². The van der Waals surface area contributed by atoms with Gasteiger partial charge in [0, 0.05) is 12.5 Å². The highest BCUT2D eigenvalue weighted by Crippen LogP contribution is 2.18. The SMILES string of the molecule is CCc1nc(N)cc(NC(C)c2ncc(C)o2)n1. The van der Waals surface area contributed by atoms with Crippen LogP contribution < -0.4 is 11.1 Å². The van der Waals surface area contributed by atoms with Crippen LogP contribution in [0.5, 0.6) is 0 Å². The Kier molecular flexibility index (Phi) is 3.45. The van der Waals surface area contributed by atoms with Crippen molar-refractivity contribution in [3.05, 3.63) is 29.7 Å². The van der Waals surface area contributed by atoms with Crippen LogP contribution >= 0.6 is 0 Å². The molecule has 0 aliphatic carbocycles. The zero-order chi connectivity index (χ0) is 13.1. The Bertz CT molecular complexity index is 537. The molecule has 0 bridgehead atoms. The third kappa shape index (κ3) is 2.77. The first-order valence-electron chi connectivity index (χ1n) is 5.90. The average Bonchev–Trinajstić information content (AvgIpc) is 2.75. The van der Waals surface area contributed by atoms with Crippen LogP contribution in [0, 0.1) is 6.92 Å². The second-order valence-corrected chi connectivity index (χ2v) is 4.12. The van der Waals surface area contributed by atoms with Gasteiger partial charge in [0.05, 0.1) is 6.20 Å². The maximum atomic E-state index is 5.72. The van der Waals surface area contributed by atoms with E-state index in [1.165, 1.54) is 0 Å². The molecule has 0 aliphatic rings. The summed E-state index contributed by atoms with van der Waals surface area (Å²) in [5.74, 6) is 3.27. The average molecular weight is 247 g/mol. The third-order valence-electron chi connectivity index (χ3n) is 2.48. The summed E-state index contributed by atoms with van der Waals surface area (Å²) in [6.45, 7) is 5.80. The molecular weight excluding hydrogens is 230 g/mol. The van der Waals surface area contributed by atoms with Gasteiger partial charge in [0.1, 0.15) is 29.3 Å². The van der Waals surface area contributed by atoms with Gasteiger partial charge in [0.2, 0.25) is 5.89 Å². The third-order valence-corrected chi connectivity index (χ3v) is 2.48. The molecule has 3 N–H and O–H groups in total. The van der Waals surface area contributed by atoms with Crippen molar-refractivity contribution in [2.45, 2.75) is 33.2 Å². The summed E-state index contributed by atoms with van der Waals surface area (Å²) in [5, 5.41) is 3.20. The lowest BCUT2D eigenvalue weighted by molar-refractivity contribution is 0.453. The maximum absolute atomic E-state index is 5.72. The van der Waals surface area contributed by atoms with Crippen LogP contribution in [-0.2, 0) is 6.42 Å². The van der Waals surface area contributed by atoms with Crippen LogP contribution in [0.4, 0.5) is 11.6 Å². The number of hydrogen-bond acceptors (Lipinski definition) is 6. The standard InChI is InChI=1S/C12H17N5O/c1-4-10-16-9(13)5-11(17-10)15-8(3)12-14-6-7(2)18-12/h5-6,8H,4H2,1-3H3,(H3,13,15,16,17). The molecule has 2 aromatic heterocycles. The van der Waals surface area contributed by atoms with Gasteiger partial charge in [-0.1, -0.05) is 6.92 Å². The minimum absolute atomic E-state index is 0.0716. The highest BCUT2D eigenvalue weighted by Gasteiger charge is 2.12. The molecule has 1 atom stereocenters. The molecule has 2 heterocycles. The van der Waals surface area contributed by atoms with Gasteiger partial charge in [-0.05, 0) is 13.8 Å². The molecule has 6 heteroatoms. The Morgan fingerprint density at radius 1 is 1.44 bits per heavy atom. The molecule has 6 nitrogen and oxygen atoms in total. The lowest BCUT2D eigenvalue weighted by Crippen LogP contribution is -2.10. The lowest BCUT2D eigenvalue weighted by Gasteiger charge is -2.12. The van der Waals surface area contributed by atoms with Crippen molar-refractivity contribution in [1.82, 2.24) is 15.0 Å².